The first-order valence-corrected chi connectivity index (χ1v) is 8.26. The molecule has 1 amide bonds. The zero-order valence-electron chi connectivity index (χ0n) is 12.9. The Labute approximate surface area is 153 Å². The molecule has 0 heterocycles. The Morgan fingerprint density at radius 3 is 2.62 bits per heavy atom. The number of rotatable bonds is 5. The van der Waals surface area contributed by atoms with Crippen molar-refractivity contribution in [3.8, 4) is 17.6 Å². The third kappa shape index (κ3) is 4.73. The molecule has 0 unspecified atom stereocenters. The van der Waals surface area contributed by atoms with Crippen LogP contribution >= 0.6 is 22.6 Å². The number of carbonyl (C=O) groups excluding carboxylic acids is 1. The molecule has 24 heavy (non-hydrogen) atoms. The standard InChI is InChI=1S/C18H15IN2O3/c1-2-24-17-8-3-12(10-16(17)19)9-13(11-20)18(23)21-14-4-6-15(22)7-5-14/h3-10,22H,2H2,1H3,(H,21,23)/b13-9+. The molecule has 5 nitrogen and oxygen atoms in total. The van der Waals surface area contributed by atoms with Crippen LogP contribution in [-0.4, -0.2) is 17.6 Å². The molecule has 0 saturated heterocycles. The van der Waals surface area contributed by atoms with Gasteiger partial charge in [-0.05, 0) is 77.6 Å². The van der Waals surface area contributed by atoms with E-state index in [0.29, 0.717) is 12.3 Å². The quantitative estimate of drug-likeness (QED) is 0.323. The monoisotopic (exact) mass is 434 g/mol. The number of amides is 1. The first kappa shape index (κ1) is 17.8. The fourth-order valence-electron chi connectivity index (χ4n) is 1.94. The van der Waals surface area contributed by atoms with Crippen molar-refractivity contribution >= 4 is 40.3 Å². The van der Waals surface area contributed by atoms with Gasteiger partial charge in [-0.15, -0.1) is 0 Å². The summed E-state index contributed by atoms with van der Waals surface area (Å²) in [6.07, 6.45) is 1.52. The molecule has 6 heteroatoms. The Morgan fingerprint density at radius 1 is 1.33 bits per heavy atom. The molecule has 0 spiro atoms. The zero-order chi connectivity index (χ0) is 17.5. The molecule has 0 radical (unpaired) electrons. The molecule has 0 aromatic heterocycles. The molecule has 2 rings (SSSR count). The Hall–Kier alpha value is -2.53. The van der Waals surface area contributed by atoms with Gasteiger partial charge in [0.25, 0.3) is 5.91 Å². The van der Waals surface area contributed by atoms with Crippen LogP contribution in [0.15, 0.2) is 48.0 Å². The van der Waals surface area contributed by atoms with Crippen LogP contribution in [0.1, 0.15) is 12.5 Å². The van der Waals surface area contributed by atoms with E-state index in [2.05, 4.69) is 27.9 Å². The van der Waals surface area contributed by atoms with E-state index in [9.17, 15) is 15.2 Å². The number of carbonyl (C=O) groups is 1. The van der Waals surface area contributed by atoms with Crippen LogP contribution in [0.4, 0.5) is 5.69 Å². The summed E-state index contributed by atoms with van der Waals surface area (Å²) in [6, 6.07) is 13.4. The molecular weight excluding hydrogens is 419 g/mol. The van der Waals surface area contributed by atoms with E-state index >= 15 is 0 Å². The number of phenols is 1. The van der Waals surface area contributed by atoms with Gasteiger partial charge in [-0.25, -0.2) is 0 Å². The summed E-state index contributed by atoms with van der Waals surface area (Å²) in [5.41, 5.74) is 1.23. The van der Waals surface area contributed by atoms with E-state index in [4.69, 9.17) is 4.74 Å². The van der Waals surface area contributed by atoms with E-state index in [1.54, 1.807) is 18.2 Å². The average Bonchev–Trinajstić information content (AvgIpc) is 2.57. The average molecular weight is 434 g/mol. The molecule has 0 fully saturated rings. The number of nitrogens with zero attached hydrogens (tertiary/aromatic N) is 1. The highest BCUT2D eigenvalue weighted by Crippen LogP contribution is 2.23. The van der Waals surface area contributed by atoms with E-state index < -0.39 is 5.91 Å². The molecule has 2 aromatic rings. The van der Waals surface area contributed by atoms with Gasteiger partial charge in [-0.2, -0.15) is 5.26 Å². The van der Waals surface area contributed by atoms with Crippen molar-refractivity contribution in [1.82, 2.24) is 0 Å². The van der Waals surface area contributed by atoms with Gasteiger partial charge in [-0.1, -0.05) is 6.07 Å². The Morgan fingerprint density at radius 2 is 2.04 bits per heavy atom. The number of ether oxygens (including phenoxy) is 1. The molecule has 122 valence electrons. The normalized spacial score (nSPS) is 10.8. The lowest BCUT2D eigenvalue weighted by atomic mass is 10.1. The van der Waals surface area contributed by atoms with Gasteiger partial charge in [0.15, 0.2) is 0 Å². The van der Waals surface area contributed by atoms with Gasteiger partial charge in [0.1, 0.15) is 23.1 Å². The van der Waals surface area contributed by atoms with E-state index in [-0.39, 0.29) is 11.3 Å². The number of hydrogen-bond donors (Lipinski definition) is 2. The van der Waals surface area contributed by atoms with Crippen LogP contribution in [0.5, 0.6) is 11.5 Å². The molecule has 2 aromatic carbocycles. The van der Waals surface area contributed by atoms with Crippen molar-refractivity contribution < 1.29 is 14.6 Å². The van der Waals surface area contributed by atoms with Crippen molar-refractivity contribution in [2.24, 2.45) is 0 Å². The SMILES string of the molecule is CCOc1ccc(/C=C(\C#N)C(=O)Nc2ccc(O)cc2)cc1I. The van der Waals surface area contributed by atoms with Crippen molar-refractivity contribution in [2.75, 3.05) is 11.9 Å². The minimum Gasteiger partial charge on any atom is -0.508 e. The van der Waals surface area contributed by atoms with Crippen LogP contribution < -0.4 is 10.1 Å². The summed E-state index contributed by atoms with van der Waals surface area (Å²) < 4.78 is 6.37. The first-order chi connectivity index (χ1) is 11.5. The van der Waals surface area contributed by atoms with Gasteiger partial charge in [0.2, 0.25) is 0 Å². The largest absolute Gasteiger partial charge is 0.508 e. The van der Waals surface area contributed by atoms with Crippen LogP contribution in [0.2, 0.25) is 0 Å². The van der Waals surface area contributed by atoms with Crippen molar-refractivity contribution in [3.63, 3.8) is 0 Å². The number of hydrogen-bond acceptors (Lipinski definition) is 4. The van der Waals surface area contributed by atoms with Crippen LogP contribution in [0.3, 0.4) is 0 Å². The van der Waals surface area contributed by atoms with Gasteiger partial charge >= 0.3 is 0 Å². The number of nitriles is 1. The van der Waals surface area contributed by atoms with Gasteiger partial charge in [0, 0.05) is 5.69 Å². The lowest BCUT2D eigenvalue weighted by molar-refractivity contribution is -0.112. The van der Waals surface area contributed by atoms with Crippen molar-refractivity contribution in [1.29, 1.82) is 5.26 Å². The second-order valence-corrected chi connectivity index (χ2v) is 5.96. The molecule has 0 atom stereocenters. The molecule has 0 bridgehead atoms. The molecule has 0 saturated carbocycles. The zero-order valence-corrected chi connectivity index (χ0v) is 15.1. The highest BCUT2D eigenvalue weighted by molar-refractivity contribution is 14.1. The van der Waals surface area contributed by atoms with Gasteiger partial charge in [-0.3, -0.25) is 4.79 Å². The van der Waals surface area contributed by atoms with Gasteiger partial charge in [0.05, 0.1) is 10.2 Å². The topological polar surface area (TPSA) is 82.3 Å². The first-order valence-electron chi connectivity index (χ1n) is 7.18. The number of benzene rings is 2. The number of phenolic OH excluding ortho intramolecular Hbond substituents is 1. The predicted octanol–water partition coefficient (Wildman–Crippen LogP) is 3.94. The highest BCUT2D eigenvalue weighted by atomic mass is 127. The van der Waals surface area contributed by atoms with Gasteiger partial charge < -0.3 is 15.2 Å². The third-order valence-corrected chi connectivity index (χ3v) is 3.90. The Bertz CT molecular complexity index is 808. The van der Waals surface area contributed by atoms with E-state index in [1.165, 1.54) is 18.2 Å². The number of aromatic hydroxyl groups is 1. The molecule has 0 aliphatic rings. The summed E-state index contributed by atoms with van der Waals surface area (Å²) in [4.78, 5) is 12.2. The van der Waals surface area contributed by atoms with Crippen LogP contribution in [0, 0.1) is 14.9 Å². The molecule has 2 N–H and O–H groups in total. The second-order valence-electron chi connectivity index (χ2n) is 4.79. The lowest BCUT2D eigenvalue weighted by Gasteiger charge is -2.07. The summed E-state index contributed by atoms with van der Waals surface area (Å²) in [5.74, 6) is 0.363. The summed E-state index contributed by atoms with van der Waals surface area (Å²) >= 11 is 2.15. The summed E-state index contributed by atoms with van der Waals surface area (Å²) in [5, 5.41) is 21.1. The third-order valence-electron chi connectivity index (χ3n) is 3.06. The second kappa shape index (κ2) is 8.36. The van der Waals surface area contributed by atoms with Crippen molar-refractivity contribution in [2.45, 2.75) is 6.92 Å². The maximum Gasteiger partial charge on any atom is 0.266 e. The van der Waals surface area contributed by atoms with E-state index in [0.717, 1.165) is 14.9 Å². The summed E-state index contributed by atoms with van der Waals surface area (Å²) in [7, 11) is 0. The number of anilines is 1. The minimum atomic E-state index is -0.507. The lowest BCUT2D eigenvalue weighted by Crippen LogP contribution is -2.13. The maximum absolute atomic E-state index is 12.2. The fraction of sp³-hybridized carbons (Fsp3) is 0.111. The number of nitrogens with one attached hydrogen (secondary N) is 1. The van der Waals surface area contributed by atoms with Crippen LogP contribution in [-0.2, 0) is 4.79 Å². The Kier molecular flexibility index (Phi) is 6.21. The van der Waals surface area contributed by atoms with Crippen LogP contribution in [0.25, 0.3) is 6.08 Å². The predicted molar refractivity (Wildman–Crippen MR) is 101 cm³/mol. The number of halogens is 1. The Balaban J connectivity index is 2.19. The van der Waals surface area contributed by atoms with E-state index in [1.807, 2.05) is 25.1 Å². The molecule has 0 aliphatic heterocycles. The highest BCUT2D eigenvalue weighted by Gasteiger charge is 2.10. The fourth-order valence-corrected chi connectivity index (χ4v) is 2.63. The smallest absolute Gasteiger partial charge is 0.266 e. The summed E-state index contributed by atoms with van der Waals surface area (Å²) in [6.45, 7) is 2.48. The molecular formula is C18H15IN2O3. The molecule has 0 aliphatic carbocycles. The minimum absolute atomic E-state index is 0.0111. The van der Waals surface area contributed by atoms with Crippen molar-refractivity contribution in [3.05, 3.63) is 57.2 Å². The maximum atomic E-state index is 12.2.